The first-order valence-electron chi connectivity index (χ1n) is 10.9. The maximum atomic E-state index is 13.8. The molecule has 1 aromatic heterocycles. The molecule has 0 unspecified atom stereocenters. The van der Waals surface area contributed by atoms with Gasteiger partial charge in [-0.1, -0.05) is 42.5 Å². The zero-order valence-electron chi connectivity index (χ0n) is 18.8. The number of aromatic nitrogens is 1. The van der Waals surface area contributed by atoms with Gasteiger partial charge in [-0.25, -0.2) is 13.4 Å². The molecule has 0 aliphatic carbocycles. The molecule has 9 nitrogen and oxygen atoms in total. The van der Waals surface area contributed by atoms with Crippen LogP contribution in [0.4, 0.5) is 5.82 Å². The van der Waals surface area contributed by atoms with Crippen LogP contribution in [-0.4, -0.2) is 53.3 Å². The van der Waals surface area contributed by atoms with Crippen LogP contribution in [-0.2, 0) is 26.2 Å². The number of hydrogen-bond acceptors (Lipinski definition) is 6. The number of sulfonamides is 1. The number of carbonyl (C=O) groups excluding carboxylic acids is 2. The van der Waals surface area contributed by atoms with E-state index in [2.05, 4.69) is 4.98 Å². The van der Waals surface area contributed by atoms with Crippen molar-refractivity contribution in [3.63, 3.8) is 0 Å². The number of primary amides is 1. The minimum Gasteiger partial charge on any atom is -0.383 e. The molecule has 178 valence electrons. The van der Waals surface area contributed by atoms with Gasteiger partial charge in [-0.3, -0.25) is 9.59 Å². The fraction of sp³-hybridized carbons (Fsp3) is 0.292. The number of carbonyl (C=O) groups is 2. The summed E-state index contributed by atoms with van der Waals surface area (Å²) in [6.07, 6.45) is 3.75. The highest BCUT2D eigenvalue weighted by Crippen LogP contribution is 2.31. The summed E-state index contributed by atoms with van der Waals surface area (Å²) in [5.41, 5.74) is 12.7. The van der Waals surface area contributed by atoms with E-state index in [9.17, 15) is 18.0 Å². The van der Waals surface area contributed by atoms with Crippen molar-refractivity contribution < 1.29 is 18.0 Å². The first kappa shape index (κ1) is 23.7. The third-order valence-corrected chi connectivity index (χ3v) is 7.32. The number of pyridine rings is 1. The molecule has 2 aromatic carbocycles. The van der Waals surface area contributed by atoms with Gasteiger partial charge in [-0.05, 0) is 41.5 Å². The summed E-state index contributed by atoms with van der Waals surface area (Å²) < 4.78 is 27.2. The van der Waals surface area contributed by atoms with Crippen molar-refractivity contribution in [2.24, 2.45) is 5.73 Å². The number of nitrogen functional groups attached to an aromatic ring is 1. The highest BCUT2D eigenvalue weighted by atomic mass is 32.2. The Hall–Kier alpha value is -3.50. The number of nitrogens with zero attached hydrogens (tertiary/aromatic N) is 3. The molecule has 1 fully saturated rings. The SMILES string of the molecule is CS(=O)(=O)N(Cc1ccc2c(N)nccc2c1)[C@@H](C(=O)N1CCC[C@H]1C(N)=O)c1ccccc1. The van der Waals surface area contributed by atoms with E-state index in [-0.39, 0.29) is 6.54 Å². The van der Waals surface area contributed by atoms with E-state index in [1.165, 1.54) is 9.21 Å². The van der Waals surface area contributed by atoms with E-state index >= 15 is 0 Å². The van der Waals surface area contributed by atoms with Crippen molar-refractivity contribution in [1.82, 2.24) is 14.2 Å². The quantitative estimate of drug-likeness (QED) is 0.527. The van der Waals surface area contributed by atoms with Gasteiger partial charge in [0.2, 0.25) is 21.8 Å². The summed E-state index contributed by atoms with van der Waals surface area (Å²) in [5.74, 6) is -0.677. The maximum Gasteiger partial charge on any atom is 0.246 e. The highest BCUT2D eigenvalue weighted by molar-refractivity contribution is 7.88. The van der Waals surface area contributed by atoms with Crippen LogP contribution in [0.15, 0.2) is 60.8 Å². The largest absolute Gasteiger partial charge is 0.383 e. The Labute approximate surface area is 198 Å². The topological polar surface area (TPSA) is 140 Å². The average Bonchev–Trinajstić information content (AvgIpc) is 3.29. The van der Waals surface area contributed by atoms with E-state index in [4.69, 9.17) is 11.5 Å². The second kappa shape index (κ2) is 9.40. The summed E-state index contributed by atoms with van der Waals surface area (Å²) in [6.45, 7) is 0.299. The van der Waals surface area contributed by atoms with Gasteiger partial charge in [0.05, 0.1) is 6.26 Å². The maximum absolute atomic E-state index is 13.8. The molecule has 1 aliphatic heterocycles. The molecule has 0 radical (unpaired) electrons. The smallest absolute Gasteiger partial charge is 0.246 e. The van der Waals surface area contributed by atoms with Crippen molar-refractivity contribution in [2.45, 2.75) is 31.5 Å². The first-order chi connectivity index (χ1) is 16.2. The number of benzene rings is 2. The van der Waals surface area contributed by atoms with Crippen molar-refractivity contribution in [3.05, 3.63) is 71.9 Å². The molecule has 0 bridgehead atoms. The molecular formula is C24H27N5O4S. The van der Waals surface area contributed by atoms with E-state index in [0.717, 1.165) is 17.0 Å². The van der Waals surface area contributed by atoms with Crippen LogP contribution in [0.3, 0.4) is 0 Å². The Morgan fingerprint density at radius 3 is 2.59 bits per heavy atom. The third-order valence-electron chi connectivity index (χ3n) is 6.13. The molecule has 0 saturated carbocycles. The van der Waals surface area contributed by atoms with Crippen molar-refractivity contribution >= 4 is 38.4 Å². The standard InChI is InChI=1S/C24H27N5O4S/c1-34(32,33)29(15-16-9-10-19-18(14-16)11-12-27-22(19)25)21(17-6-3-2-4-7-17)24(31)28-13-5-8-20(28)23(26)30/h2-4,6-7,9-12,14,20-21H,5,8,13,15H2,1H3,(H2,25,27)(H2,26,30)/t20-,21+/m0/s1. The summed E-state index contributed by atoms with van der Waals surface area (Å²) in [6, 6.07) is 14.0. The lowest BCUT2D eigenvalue weighted by Crippen LogP contribution is -2.49. The molecule has 2 heterocycles. The predicted octanol–water partition coefficient (Wildman–Crippen LogP) is 1.80. The molecule has 2 amide bonds. The number of amides is 2. The Bertz CT molecular complexity index is 1330. The van der Waals surface area contributed by atoms with Crippen LogP contribution in [0.1, 0.15) is 30.0 Å². The Morgan fingerprint density at radius 2 is 1.91 bits per heavy atom. The van der Waals surface area contributed by atoms with Gasteiger partial charge in [0.15, 0.2) is 0 Å². The van der Waals surface area contributed by atoms with E-state index in [1.807, 2.05) is 6.07 Å². The third kappa shape index (κ3) is 4.73. The van der Waals surface area contributed by atoms with E-state index in [0.29, 0.717) is 36.3 Å². The summed E-state index contributed by atoms with van der Waals surface area (Å²) in [5, 5.41) is 1.57. The second-order valence-corrected chi connectivity index (χ2v) is 10.4. The van der Waals surface area contributed by atoms with E-state index in [1.54, 1.807) is 54.7 Å². The zero-order chi connectivity index (χ0) is 24.5. The molecule has 34 heavy (non-hydrogen) atoms. The first-order valence-corrected chi connectivity index (χ1v) is 12.8. The van der Waals surface area contributed by atoms with E-state index < -0.39 is 33.9 Å². The van der Waals surface area contributed by atoms with Gasteiger partial charge in [0, 0.05) is 24.7 Å². The van der Waals surface area contributed by atoms with Gasteiger partial charge >= 0.3 is 0 Å². The van der Waals surface area contributed by atoms with Gasteiger partial charge in [-0.2, -0.15) is 4.31 Å². The summed E-state index contributed by atoms with van der Waals surface area (Å²) in [4.78, 5) is 31.2. The van der Waals surface area contributed by atoms with Gasteiger partial charge < -0.3 is 16.4 Å². The molecule has 0 spiro atoms. The Morgan fingerprint density at radius 1 is 1.18 bits per heavy atom. The van der Waals surface area contributed by atoms with Crippen molar-refractivity contribution in [2.75, 3.05) is 18.5 Å². The lowest BCUT2D eigenvalue weighted by Gasteiger charge is -2.34. The minimum atomic E-state index is -3.85. The second-order valence-electron chi connectivity index (χ2n) is 8.47. The number of anilines is 1. The number of hydrogen-bond donors (Lipinski definition) is 2. The number of nitrogens with two attached hydrogens (primary N) is 2. The molecular weight excluding hydrogens is 454 g/mol. The zero-order valence-corrected chi connectivity index (χ0v) is 19.6. The van der Waals surface area contributed by atoms with Gasteiger partial charge in [-0.15, -0.1) is 0 Å². The number of rotatable bonds is 7. The van der Waals surface area contributed by atoms with Crippen LogP contribution in [0, 0.1) is 0 Å². The van der Waals surface area contributed by atoms with Crippen molar-refractivity contribution in [1.29, 1.82) is 0 Å². The summed E-state index contributed by atoms with van der Waals surface area (Å²) in [7, 11) is -3.85. The lowest BCUT2D eigenvalue weighted by molar-refractivity contribution is -0.140. The van der Waals surface area contributed by atoms with Crippen molar-refractivity contribution in [3.8, 4) is 0 Å². The fourth-order valence-corrected chi connectivity index (χ4v) is 5.46. The Balaban J connectivity index is 1.78. The Kier molecular flexibility index (Phi) is 6.54. The van der Waals surface area contributed by atoms with Crippen LogP contribution < -0.4 is 11.5 Å². The van der Waals surface area contributed by atoms with Crippen LogP contribution in [0.2, 0.25) is 0 Å². The molecule has 1 saturated heterocycles. The highest BCUT2D eigenvalue weighted by Gasteiger charge is 2.41. The van der Waals surface area contributed by atoms with Gasteiger partial charge in [0.1, 0.15) is 17.9 Å². The van der Waals surface area contributed by atoms with Crippen LogP contribution >= 0.6 is 0 Å². The molecule has 10 heteroatoms. The molecule has 4 rings (SSSR count). The average molecular weight is 482 g/mol. The lowest BCUT2D eigenvalue weighted by atomic mass is 10.0. The monoisotopic (exact) mass is 481 g/mol. The predicted molar refractivity (Wildman–Crippen MR) is 130 cm³/mol. The summed E-state index contributed by atoms with van der Waals surface area (Å²) >= 11 is 0. The molecule has 4 N–H and O–H groups in total. The fourth-order valence-electron chi connectivity index (χ4n) is 4.48. The molecule has 1 aliphatic rings. The van der Waals surface area contributed by atoms with Gasteiger partial charge in [0.25, 0.3) is 0 Å². The molecule has 2 atom stereocenters. The molecule has 3 aromatic rings. The number of likely N-dealkylation sites (tertiary alicyclic amines) is 1. The minimum absolute atomic E-state index is 0.0443. The van der Waals surface area contributed by atoms with Crippen LogP contribution in [0.5, 0.6) is 0 Å². The van der Waals surface area contributed by atoms with Crippen LogP contribution in [0.25, 0.3) is 10.8 Å². The number of fused-ring (bicyclic) bond motifs is 1. The normalized spacial score (nSPS) is 17.2.